The highest BCUT2D eigenvalue weighted by atomic mass is 16.5. The molecule has 0 saturated carbocycles. The predicted octanol–water partition coefficient (Wildman–Crippen LogP) is 1.38. The van der Waals surface area contributed by atoms with Gasteiger partial charge in [0.15, 0.2) is 11.5 Å². The first-order valence-electron chi connectivity index (χ1n) is 9.10. The zero-order valence-corrected chi connectivity index (χ0v) is 15.9. The fourth-order valence-electron chi connectivity index (χ4n) is 3.04. The number of carbonyl (C=O) groups excluding carboxylic acids is 2. The summed E-state index contributed by atoms with van der Waals surface area (Å²) >= 11 is 0. The topological polar surface area (TPSA) is 71.1 Å². The molecule has 0 spiro atoms. The van der Waals surface area contributed by atoms with Crippen LogP contribution in [0.2, 0.25) is 0 Å². The van der Waals surface area contributed by atoms with Crippen molar-refractivity contribution in [3.8, 4) is 11.5 Å². The van der Waals surface area contributed by atoms with Crippen LogP contribution in [0.15, 0.2) is 18.2 Å². The molecule has 7 nitrogen and oxygen atoms in total. The fraction of sp³-hybridized carbons (Fsp3) is 0.579. The fourth-order valence-corrected chi connectivity index (χ4v) is 3.04. The Hall–Kier alpha value is -2.28. The Labute approximate surface area is 155 Å². The van der Waals surface area contributed by atoms with E-state index in [1.54, 1.807) is 37.3 Å². The van der Waals surface area contributed by atoms with Crippen LogP contribution in [0.25, 0.3) is 0 Å². The van der Waals surface area contributed by atoms with Gasteiger partial charge < -0.3 is 24.6 Å². The van der Waals surface area contributed by atoms with Gasteiger partial charge in [-0.05, 0) is 24.6 Å². The number of rotatable bonds is 8. The summed E-state index contributed by atoms with van der Waals surface area (Å²) in [6.07, 6.45) is 1.18. The second-order valence-corrected chi connectivity index (χ2v) is 6.24. The highest BCUT2D eigenvalue weighted by molar-refractivity contribution is 5.95. The minimum atomic E-state index is -0.0964. The second kappa shape index (κ2) is 10.0. The van der Waals surface area contributed by atoms with Crippen molar-refractivity contribution >= 4 is 11.8 Å². The van der Waals surface area contributed by atoms with Crippen molar-refractivity contribution in [3.63, 3.8) is 0 Å². The predicted molar refractivity (Wildman–Crippen MR) is 99.8 cm³/mol. The SMILES string of the molecule is CCCN(CCC(=O)N1CCNCC1)C(=O)c1ccc(OC)c(OC)c1. The van der Waals surface area contributed by atoms with Crippen LogP contribution in [0.4, 0.5) is 0 Å². The highest BCUT2D eigenvalue weighted by Gasteiger charge is 2.21. The third kappa shape index (κ3) is 5.11. The van der Waals surface area contributed by atoms with E-state index in [4.69, 9.17) is 9.47 Å². The van der Waals surface area contributed by atoms with Gasteiger partial charge in [-0.2, -0.15) is 0 Å². The molecular weight excluding hydrogens is 334 g/mol. The van der Waals surface area contributed by atoms with Crippen molar-refractivity contribution < 1.29 is 19.1 Å². The Morgan fingerprint density at radius 3 is 2.42 bits per heavy atom. The molecule has 26 heavy (non-hydrogen) atoms. The lowest BCUT2D eigenvalue weighted by Gasteiger charge is -2.29. The van der Waals surface area contributed by atoms with E-state index in [1.807, 2.05) is 11.8 Å². The van der Waals surface area contributed by atoms with Gasteiger partial charge >= 0.3 is 0 Å². The third-order valence-corrected chi connectivity index (χ3v) is 4.48. The molecule has 2 rings (SSSR count). The van der Waals surface area contributed by atoms with Gasteiger partial charge in [-0.15, -0.1) is 0 Å². The summed E-state index contributed by atoms with van der Waals surface area (Å²) in [5, 5.41) is 3.23. The van der Waals surface area contributed by atoms with Crippen LogP contribution < -0.4 is 14.8 Å². The summed E-state index contributed by atoms with van der Waals surface area (Å²) < 4.78 is 10.5. The van der Waals surface area contributed by atoms with E-state index in [0.29, 0.717) is 36.6 Å². The van der Waals surface area contributed by atoms with Crippen LogP contribution >= 0.6 is 0 Å². The van der Waals surface area contributed by atoms with Crippen molar-refractivity contribution in [2.75, 3.05) is 53.5 Å². The Morgan fingerprint density at radius 2 is 1.81 bits per heavy atom. The number of ether oxygens (including phenoxy) is 2. The molecule has 1 heterocycles. The van der Waals surface area contributed by atoms with Crippen LogP contribution in [0, 0.1) is 0 Å². The molecule has 1 aliphatic heterocycles. The first-order chi connectivity index (χ1) is 12.6. The summed E-state index contributed by atoms with van der Waals surface area (Å²) in [7, 11) is 3.10. The molecule has 0 radical (unpaired) electrons. The molecular formula is C19H29N3O4. The molecule has 1 fully saturated rings. The van der Waals surface area contributed by atoms with E-state index >= 15 is 0 Å². The van der Waals surface area contributed by atoms with E-state index in [9.17, 15) is 9.59 Å². The molecule has 7 heteroatoms. The van der Waals surface area contributed by atoms with Crippen molar-refractivity contribution in [2.24, 2.45) is 0 Å². The van der Waals surface area contributed by atoms with Crippen LogP contribution in [0.3, 0.4) is 0 Å². The molecule has 0 unspecified atom stereocenters. The van der Waals surface area contributed by atoms with Crippen molar-refractivity contribution in [2.45, 2.75) is 19.8 Å². The van der Waals surface area contributed by atoms with Gasteiger partial charge in [-0.1, -0.05) is 6.92 Å². The molecule has 1 saturated heterocycles. The van der Waals surface area contributed by atoms with Crippen molar-refractivity contribution in [3.05, 3.63) is 23.8 Å². The molecule has 1 aliphatic rings. The number of nitrogens with zero attached hydrogens (tertiary/aromatic N) is 2. The summed E-state index contributed by atoms with van der Waals surface area (Å²) in [5.41, 5.74) is 0.533. The third-order valence-electron chi connectivity index (χ3n) is 4.48. The molecule has 1 N–H and O–H groups in total. The van der Waals surface area contributed by atoms with Gasteiger partial charge in [0.05, 0.1) is 14.2 Å². The van der Waals surface area contributed by atoms with Gasteiger partial charge in [0, 0.05) is 51.3 Å². The van der Waals surface area contributed by atoms with Crippen LogP contribution in [0.5, 0.6) is 11.5 Å². The number of hydrogen-bond acceptors (Lipinski definition) is 5. The summed E-state index contributed by atoms with van der Waals surface area (Å²) in [4.78, 5) is 28.9. The lowest BCUT2D eigenvalue weighted by atomic mass is 10.1. The number of benzene rings is 1. The molecule has 0 atom stereocenters. The zero-order chi connectivity index (χ0) is 18.9. The smallest absolute Gasteiger partial charge is 0.254 e. The second-order valence-electron chi connectivity index (χ2n) is 6.24. The molecule has 1 aromatic carbocycles. The quantitative estimate of drug-likeness (QED) is 0.756. The summed E-state index contributed by atoms with van der Waals surface area (Å²) in [6, 6.07) is 5.13. The summed E-state index contributed by atoms with van der Waals surface area (Å²) in [6.45, 7) is 6.18. The van der Waals surface area contributed by atoms with Gasteiger partial charge in [-0.3, -0.25) is 9.59 Å². The standard InChI is InChI=1S/C19H29N3O4/c1-4-10-22(11-7-18(23)21-12-8-20-9-13-21)19(24)15-5-6-16(25-2)17(14-15)26-3/h5-6,14,20H,4,7-13H2,1-3H3. The van der Waals surface area contributed by atoms with E-state index in [-0.39, 0.29) is 11.8 Å². The molecule has 0 bridgehead atoms. The Balaban J connectivity index is 2.03. The average molecular weight is 363 g/mol. The highest BCUT2D eigenvalue weighted by Crippen LogP contribution is 2.28. The number of nitrogens with one attached hydrogen (secondary N) is 1. The minimum absolute atomic E-state index is 0.0964. The number of amides is 2. The van der Waals surface area contributed by atoms with E-state index < -0.39 is 0 Å². The summed E-state index contributed by atoms with van der Waals surface area (Å²) in [5.74, 6) is 1.11. The lowest BCUT2D eigenvalue weighted by molar-refractivity contribution is -0.131. The monoisotopic (exact) mass is 363 g/mol. The Bertz CT molecular complexity index is 615. The number of carbonyl (C=O) groups is 2. The zero-order valence-electron chi connectivity index (χ0n) is 15.9. The van der Waals surface area contributed by atoms with Crippen molar-refractivity contribution in [1.29, 1.82) is 0 Å². The molecule has 2 amide bonds. The molecule has 144 valence electrons. The average Bonchev–Trinajstić information content (AvgIpc) is 2.70. The number of hydrogen-bond donors (Lipinski definition) is 1. The lowest BCUT2D eigenvalue weighted by Crippen LogP contribution is -2.47. The van der Waals surface area contributed by atoms with Gasteiger partial charge in [0.25, 0.3) is 5.91 Å². The van der Waals surface area contributed by atoms with E-state index in [0.717, 1.165) is 32.6 Å². The first kappa shape index (κ1) is 20.0. The maximum Gasteiger partial charge on any atom is 0.254 e. The van der Waals surface area contributed by atoms with Crippen molar-refractivity contribution in [1.82, 2.24) is 15.1 Å². The number of piperazine rings is 1. The van der Waals surface area contributed by atoms with E-state index in [1.165, 1.54) is 0 Å². The van der Waals surface area contributed by atoms with Gasteiger partial charge in [-0.25, -0.2) is 0 Å². The maximum atomic E-state index is 12.9. The van der Waals surface area contributed by atoms with Gasteiger partial charge in [0.1, 0.15) is 0 Å². The molecule has 1 aromatic rings. The first-order valence-corrected chi connectivity index (χ1v) is 9.10. The normalized spacial score (nSPS) is 14.0. The van der Waals surface area contributed by atoms with Gasteiger partial charge in [0.2, 0.25) is 5.91 Å². The molecule has 0 aromatic heterocycles. The Kier molecular flexibility index (Phi) is 7.72. The largest absolute Gasteiger partial charge is 0.493 e. The van der Waals surface area contributed by atoms with Crippen LogP contribution in [-0.4, -0.2) is 75.1 Å². The van der Waals surface area contributed by atoms with Crippen LogP contribution in [-0.2, 0) is 4.79 Å². The van der Waals surface area contributed by atoms with Crippen LogP contribution in [0.1, 0.15) is 30.1 Å². The number of methoxy groups -OCH3 is 2. The Morgan fingerprint density at radius 1 is 1.12 bits per heavy atom. The minimum Gasteiger partial charge on any atom is -0.493 e. The maximum absolute atomic E-state index is 12.9. The van der Waals surface area contributed by atoms with E-state index in [2.05, 4.69) is 5.32 Å². The molecule has 0 aliphatic carbocycles.